The van der Waals surface area contributed by atoms with Crippen LogP contribution in [0.5, 0.6) is 0 Å². The van der Waals surface area contributed by atoms with Crippen LogP contribution in [0.4, 0.5) is 0 Å². The van der Waals surface area contributed by atoms with Crippen LogP contribution >= 0.6 is 35.0 Å². The summed E-state index contributed by atoms with van der Waals surface area (Å²) in [6, 6.07) is 22.5. The van der Waals surface area contributed by atoms with Crippen LogP contribution in [-0.2, 0) is 11.3 Å². The van der Waals surface area contributed by atoms with E-state index in [4.69, 9.17) is 27.6 Å². The molecule has 0 amide bonds. The second-order valence-corrected chi connectivity index (χ2v) is 9.52. The normalized spacial score (nSPS) is 11.8. The van der Waals surface area contributed by atoms with Crippen molar-refractivity contribution in [1.82, 2.24) is 14.8 Å². The number of carboxylic acid groups (broad SMARTS) is 1. The van der Waals surface area contributed by atoms with Crippen LogP contribution in [0.1, 0.15) is 11.1 Å². The van der Waals surface area contributed by atoms with Crippen molar-refractivity contribution in [2.24, 2.45) is 0 Å². The van der Waals surface area contributed by atoms with Crippen LogP contribution in [0.25, 0.3) is 28.4 Å². The zero-order valence-corrected chi connectivity index (χ0v) is 20.4. The third kappa shape index (κ3) is 5.27. The van der Waals surface area contributed by atoms with E-state index in [2.05, 4.69) is 14.8 Å². The van der Waals surface area contributed by atoms with Crippen LogP contribution in [-0.4, -0.2) is 25.8 Å². The molecule has 0 fully saturated rings. The van der Waals surface area contributed by atoms with Gasteiger partial charge in [0.15, 0.2) is 0 Å². The maximum atomic E-state index is 12.1. The minimum Gasteiger partial charge on any atom is -0.477 e. The Morgan fingerprint density at radius 2 is 1.66 bits per heavy atom. The van der Waals surface area contributed by atoms with Crippen molar-refractivity contribution in [2.75, 3.05) is 0 Å². The molecule has 2 heterocycles. The SMILES string of the molecule is O=C(O)/C(=C/c1cn(Cc2ccc(Cl)cc2)c2ccccc12)Sc1nnc(-c2ccc(Cl)cc2)o1. The number of hydrogen-bond donors (Lipinski definition) is 1. The summed E-state index contributed by atoms with van der Waals surface area (Å²) in [5, 5.41) is 20.2. The van der Waals surface area contributed by atoms with Gasteiger partial charge in [0.2, 0.25) is 5.89 Å². The largest absolute Gasteiger partial charge is 0.477 e. The first kappa shape index (κ1) is 23.2. The van der Waals surface area contributed by atoms with Crippen LogP contribution in [0.2, 0.25) is 10.0 Å². The Morgan fingerprint density at radius 1 is 0.971 bits per heavy atom. The number of aromatic nitrogens is 3. The van der Waals surface area contributed by atoms with Crippen molar-refractivity contribution in [3.05, 3.63) is 105 Å². The minimum atomic E-state index is -1.09. The number of nitrogens with zero attached hydrogens (tertiary/aromatic N) is 3. The summed E-state index contributed by atoms with van der Waals surface area (Å²) < 4.78 is 7.77. The van der Waals surface area contributed by atoms with Crippen molar-refractivity contribution < 1.29 is 14.3 Å². The van der Waals surface area contributed by atoms with E-state index in [-0.39, 0.29) is 16.0 Å². The Kier molecular flexibility index (Phi) is 6.63. The molecule has 0 aliphatic heterocycles. The van der Waals surface area contributed by atoms with Crippen molar-refractivity contribution in [3.63, 3.8) is 0 Å². The number of hydrogen-bond acceptors (Lipinski definition) is 5. The maximum absolute atomic E-state index is 12.1. The van der Waals surface area contributed by atoms with Gasteiger partial charge in [-0.05, 0) is 65.9 Å². The summed E-state index contributed by atoms with van der Waals surface area (Å²) in [6.45, 7) is 0.620. The third-order valence-corrected chi connectivity index (χ3v) is 6.63. The van der Waals surface area contributed by atoms with Crippen molar-refractivity contribution in [2.45, 2.75) is 11.8 Å². The first-order valence-corrected chi connectivity index (χ1v) is 12.1. The van der Waals surface area contributed by atoms with Crippen molar-refractivity contribution >= 4 is 57.9 Å². The van der Waals surface area contributed by atoms with Crippen molar-refractivity contribution in [3.8, 4) is 11.5 Å². The van der Waals surface area contributed by atoms with Gasteiger partial charge in [-0.1, -0.05) is 53.5 Å². The van der Waals surface area contributed by atoms with Crippen LogP contribution in [0.15, 0.2) is 93.5 Å². The Balaban J connectivity index is 1.46. The quantitative estimate of drug-likeness (QED) is 0.179. The molecule has 6 nitrogen and oxygen atoms in total. The molecule has 35 heavy (non-hydrogen) atoms. The molecule has 0 saturated carbocycles. The van der Waals surface area contributed by atoms with E-state index >= 15 is 0 Å². The number of aliphatic carboxylic acids is 1. The van der Waals surface area contributed by atoms with Gasteiger partial charge < -0.3 is 14.1 Å². The van der Waals surface area contributed by atoms with Gasteiger partial charge in [0.25, 0.3) is 5.22 Å². The van der Waals surface area contributed by atoms with Gasteiger partial charge in [-0.15, -0.1) is 10.2 Å². The van der Waals surface area contributed by atoms with Crippen LogP contribution < -0.4 is 0 Å². The Bertz CT molecular complexity index is 1540. The number of halogens is 2. The number of thioether (sulfide) groups is 1. The summed E-state index contributed by atoms with van der Waals surface area (Å²) in [7, 11) is 0. The van der Waals surface area contributed by atoms with Gasteiger partial charge in [-0.2, -0.15) is 0 Å². The molecular weight excluding hydrogens is 505 g/mol. The Labute approximate surface area is 214 Å². The summed E-state index contributed by atoms with van der Waals surface area (Å²) in [6.07, 6.45) is 3.57. The maximum Gasteiger partial charge on any atom is 0.342 e. The fourth-order valence-corrected chi connectivity index (χ4v) is 4.55. The van der Waals surface area contributed by atoms with E-state index in [1.54, 1.807) is 30.3 Å². The molecule has 5 rings (SSSR count). The van der Waals surface area contributed by atoms with Crippen LogP contribution in [0, 0.1) is 0 Å². The molecule has 0 saturated heterocycles. The molecule has 0 aliphatic rings. The fourth-order valence-electron chi connectivity index (χ4n) is 3.64. The Hall–Kier alpha value is -3.52. The standard InChI is InChI=1S/C26H17Cl2N3O3S/c27-19-9-5-16(6-10-19)14-31-15-18(21-3-1-2-4-22(21)31)13-23(25(32)33)35-26-30-29-24(34-26)17-7-11-20(28)12-8-17/h1-13,15H,14H2,(H,32,33)/b23-13-. The fraction of sp³-hybridized carbons (Fsp3) is 0.0385. The highest BCUT2D eigenvalue weighted by Crippen LogP contribution is 2.32. The van der Waals surface area contributed by atoms with Crippen molar-refractivity contribution in [1.29, 1.82) is 0 Å². The lowest BCUT2D eigenvalue weighted by Gasteiger charge is -2.05. The van der Waals surface area contributed by atoms with E-state index in [9.17, 15) is 9.90 Å². The molecule has 0 aliphatic carbocycles. The van der Waals surface area contributed by atoms with E-state index in [0.29, 0.717) is 22.2 Å². The monoisotopic (exact) mass is 521 g/mol. The highest BCUT2D eigenvalue weighted by molar-refractivity contribution is 8.03. The second-order valence-electron chi connectivity index (χ2n) is 7.65. The molecule has 174 valence electrons. The van der Waals surface area contributed by atoms with Crippen LogP contribution in [0.3, 0.4) is 0 Å². The van der Waals surface area contributed by atoms with Gasteiger partial charge in [0.1, 0.15) is 4.91 Å². The predicted octanol–water partition coefficient (Wildman–Crippen LogP) is 7.26. The van der Waals surface area contributed by atoms with E-state index < -0.39 is 5.97 Å². The number of para-hydroxylation sites is 1. The molecule has 0 bridgehead atoms. The average molecular weight is 522 g/mol. The summed E-state index contributed by atoms with van der Waals surface area (Å²) in [5.41, 5.74) is 3.54. The zero-order chi connectivity index (χ0) is 24.4. The number of carbonyl (C=O) groups is 1. The summed E-state index contributed by atoms with van der Waals surface area (Å²) >= 11 is 12.8. The molecule has 1 N–H and O–H groups in total. The lowest BCUT2D eigenvalue weighted by molar-refractivity contribution is -0.131. The number of rotatable bonds is 7. The van der Waals surface area contributed by atoms with Gasteiger partial charge in [-0.25, -0.2) is 4.79 Å². The number of carboxylic acids is 1. The highest BCUT2D eigenvalue weighted by Gasteiger charge is 2.17. The molecule has 0 spiro atoms. The van der Waals surface area contributed by atoms with Gasteiger partial charge >= 0.3 is 5.97 Å². The average Bonchev–Trinajstić information content (AvgIpc) is 3.46. The molecule has 0 atom stereocenters. The smallest absolute Gasteiger partial charge is 0.342 e. The lowest BCUT2D eigenvalue weighted by atomic mass is 10.1. The predicted molar refractivity (Wildman–Crippen MR) is 139 cm³/mol. The van der Waals surface area contributed by atoms with E-state index in [0.717, 1.165) is 33.8 Å². The zero-order valence-electron chi connectivity index (χ0n) is 18.1. The van der Waals surface area contributed by atoms with E-state index in [1.165, 1.54) is 0 Å². The minimum absolute atomic E-state index is 0.0608. The molecule has 0 unspecified atom stereocenters. The summed E-state index contributed by atoms with van der Waals surface area (Å²) in [5.74, 6) is -0.802. The molecular formula is C26H17Cl2N3O3S. The van der Waals surface area contributed by atoms with Gasteiger partial charge in [-0.3, -0.25) is 0 Å². The molecule has 0 radical (unpaired) electrons. The third-order valence-electron chi connectivity index (χ3n) is 5.28. The number of fused-ring (bicyclic) bond motifs is 1. The first-order chi connectivity index (χ1) is 17.0. The Morgan fingerprint density at radius 3 is 2.37 bits per heavy atom. The molecule has 2 aromatic heterocycles. The lowest BCUT2D eigenvalue weighted by Crippen LogP contribution is -1.98. The molecule has 3 aromatic carbocycles. The van der Waals surface area contributed by atoms with Gasteiger partial charge in [0, 0.05) is 44.8 Å². The molecule has 9 heteroatoms. The second kappa shape index (κ2) is 10.00. The topological polar surface area (TPSA) is 81.1 Å². The number of benzene rings is 3. The van der Waals surface area contributed by atoms with Gasteiger partial charge in [0.05, 0.1) is 0 Å². The highest BCUT2D eigenvalue weighted by atomic mass is 35.5. The molecule has 5 aromatic rings. The van der Waals surface area contributed by atoms with E-state index in [1.807, 2.05) is 54.7 Å². The first-order valence-electron chi connectivity index (χ1n) is 10.5. The summed E-state index contributed by atoms with van der Waals surface area (Å²) in [4.78, 5) is 12.1.